The van der Waals surface area contributed by atoms with Crippen molar-refractivity contribution in [2.45, 2.75) is 65.5 Å². The van der Waals surface area contributed by atoms with Crippen LogP contribution in [0.5, 0.6) is 0 Å². The SMILES string of the molecule is CCN1C(=O)CC[C@@H](C(=O)O)[C@H]1c1ccc(C)cc1.CCN1C(=O)CC[C@@H](C(=O)O)[C@H]1c1ccc(C)cc1. The van der Waals surface area contributed by atoms with Crippen molar-refractivity contribution in [2.24, 2.45) is 11.8 Å². The van der Waals surface area contributed by atoms with Gasteiger partial charge in [0.15, 0.2) is 0 Å². The van der Waals surface area contributed by atoms with E-state index in [0.29, 0.717) is 38.8 Å². The predicted molar refractivity (Wildman–Crippen MR) is 143 cm³/mol. The van der Waals surface area contributed by atoms with E-state index in [4.69, 9.17) is 0 Å². The minimum absolute atomic E-state index is 0.0468. The molecule has 0 saturated carbocycles. The molecule has 0 radical (unpaired) electrons. The summed E-state index contributed by atoms with van der Waals surface area (Å²) in [6, 6.07) is 14.9. The maximum Gasteiger partial charge on any atom is 0.308 e. The lowest BCUT2D eigenvalue weighted by atomic mass is 9.84. The summed E-state index contributed by atoms with van der Waals surface area (Å²) in [5, 5.41) is 18.8. The summed E-state index contributed by atoms with van der Waals surface area (Å²) in [5.74, 6) is -2.58. The molecule has 2 fully saturated rings. The van der Waals surface area contributed by atoms with Gasteiger partial charge in [0.25, 0.3) is 0 Å². The number of amides is 2. The minimum atomic E-state index is -0.823. The van der Waals surface area contributed by atoms with Crippen LogP contribution in [0.1, 0.15) is 73.9 Å². The summed E-state index contributed by atoms with van der Waals surface area (Å²) in [5.41, 5.74) is 4.07. The summed E-state index contributed by atoms with van der Waals surface area (Å²) >= 11 is 0. The number of benzene rings is 2. The fraction of sp³-hybridized carbons (Fsp3) is 0.467. The zero-order valence-electron chi connectivity index (χ0n) is 22.6. The van der Waals surface area contributed by atoms with Crippen molar-refractivity contribution < 1.29 is 29.4 Å². The number of nitrogens with zero attached hydrogens (tertiary/aromatic N) is 2. The minimum Gasteiger partial charge on any atom is -0.481 e. The first-order valence-electron chi connectivity index (χ1n) is 13.3. The van der Waals surface area contributed by atoms with E-state index < -0.39 is 23.8 Å². The maximum absolute atomic E-state index is 12.0. The average Bonchev–Trinajstić information content (AvgIpc) is 2.89. The molecular formula is C30H38N2O6. The van der Waals surface area contributed by atoms with E-state index in [-0.39, 0.29) is 23.9 Å². The van der Waals surface area contributed by atoms with Crippen LogP contribution in [-0.4, -0.2) is 56.9 Å². The fourth-order valence-electron chi connectivity index (χ4n) is 5.52. The average molecular weight is 523 g/mol. The second-order valence-electron chi connectivity index (χ2n) is 10.0. The number of piperidine rings is 2. The van der Waals surface area contributed by atoms with Gasteiger partial charge < -0.3 is 20.0 Å². The molecule has 2 aromatic rings. The van der Waals surface area contributed by atoms with Crippen LogP contribution in [0.15, 0.2) is 48.5 Å². The van der Waals surface area contributed by atoms with Crippen LogP contribution in [0.4, 0.5) is 0 Å². The zero-order valence-corrected chi connectivity index (χ0v) is 22.6. The molecular weight excluding hydrogens is 484 g/mol. The lowest BCUT2D eigenvalue weighted by Gasteiger charge is -2.39. The van der Waals surface area contributed by atoms with E-state index in [9.17, 15) is 29.4 Å². The third-order valence-corrected chi connectivity index (χ3v) is 7.57. The lowest BCUT2D eigenvalue weighted by Crippen LogP contribution is -2.45. The molecule has 8 heteroatoms. The molecule has 0 aromatic heterocycles. The van der Waals surface area contributed by atoms with Crippen LogP contribution in [0.3, 0.4) is 0 Å². The Labute approximate surface area is 224 Å². The van der Waals surface area contributed by atoms with Crippen molar-refractivity contribution >= 4 is 23.8 Å². The standard InChI is InChI=1S/2C15H19NO3/c2*1-3-16-13(17)9-8-12(15(18)19)14(16)11-6-4-10(2)5-7-11/h2*4-7,12,14H,3,8-9H2,1-2H3,(H,18,19)/t2*12-,14-/m11/s1. The molecule has 204 valence electrons. The Morgan fingerprint density at radius 2 is 1.00 bits per heavy atom. The Kier molecular flexibility index (Phi) is 9.66. The van der Waals surface area contributed by atoms with Crippen molar-refractivity contribution in [3.8, 4) is 0 Å². The molecule has 0 bridgehead atoms. The van der Waals surface area contributed by atoms with Gasteiger partial charge in [-0.1, -0.05) is 59.7 Å². The predicted octanol–water partition coefficient (Wildman–Crippen LogP) is 4.76. The van der Waals surface area contributed by atoms with Crippen LogP contribution >= 0.6 is 0 Å². The van der Waals surface area contributed by atoms with Crippen LogP contribution in [0.25, 0.3) is 0 Å². The first-order chi connectivity index (χ1) is 18.1. The molecule has 2 amide bonds. The molecule has 2 aliphatic rings. The number of carboxylic acids is 2. The van der Waals surface area contributed by atoms with Gasteiger partial charge in [0, 0.05) is 25.9 Å². The van der Waals surface area contributed by atoms with Crippen molar-refractivity contribution in [1.29, 1.82) is 0 Å². The number of hydrogen-bond acceptors (Lipinski definition) is 4. The number of likely N-dealkylation sites (tertiary alicyclic amines) is 2. The van der Waals surface area contributed by atoms with Crippen molar-refractivity contribution in [1.82, 2.24) is 9.80 Å². The molecule has 0 aliphatic carbocycles. The second kappa shape index (κ2) is 12.7. The Bertz CT molecular complexity index is 1050. The molecule has 0 spiro atoms. The number of rotatable bonds is 6. The number of hydrogen-bond donors (Lipinski definition) is 2. The smallest absolute Gasteiger partial charge is 0.308 e. The molecule has 4 atom stereocenters. The third kappa shape index (κ3) is 6.41. The highest BCUT2D eigenvalue weighted by atomic mass is 16.4. The van der Waals surface area contributed by atoms with Crippen LogP contribution in [-0.2, 0) is 19.2 Å². The van der Waals surface area contributed by atoms with Gasteiger partial charge in [-0.3, -0.25) is 19.2 Å². The molecule has 2 aromatic carbocycles. The lowest BCUT2D eigenvalue weighted by molar-refractivity contribution is -0.153. The number of aliphatic carboxylic acids is 2. The molecule has 2 aliphatic heterocycles. The largest absolute Gasteiger partial charge is 0.481 e. The van der Waals surface area contributed by atoms with E-state index in [1.54, 1.807) is 9.80 Å². The molecule has 2 N–H and O–H groups in total. The van der Waals surface area contributed by atoms with E-state index in [1.165, 1.54) is 0 Å². The number of aryl methyl sites for hydroxylation is 2. The quantitative estimate of drug-likeness (QED) is 0.565. The Balaban J connectivity index is 0.000000211. The first-order valence-corrected chi connectivity index (χ1v) is 13.3. The van der Waals surface area contributed by atoms with E-state index in [0.717, 1.165) is 22.3 Å². The monoisotopic (exact) mass is 522 g/mol. The Hall–Kier alpha value is -3.68. The molecule has 2 saturated heterocycles. The summed E-state index contributed by atoms with van der Waals surface area (Å²) < 4.78 is 0. The molecule has 8 nitrogen and oxygen atoms in total. The van der Waals surface area contributed by atoms with Gasteiger partial charge in [0.05, 0.1) is 23.9 Å². The normalized spacial score (nSPS) is 23.5. The summed E-state index contributed by atoms with van der Waals surface area (Å²) in [7, 11) is 0. The summed E-state index contributed by atoms with van der Waals surface area (Å²) in [4.78, 5) is 50.2. The third-order valence-electron chi connectivity index (χ3n) is 7.57. The van der Waals surface area contributed by atoms with Crippen LogP contribution in [0, 0.1) is 25.7 Å². The van der Waals surface area contributed by atoms with Crippen LogP contribution < -0.4 is 0 Å². The van der Waals surface area contributed by atoms with Gasteiger partial charge in [-0.15, -0.1) is 0 Å². The van der Waals surface area contributed by atoms with Crippen molar-refractivity contribution in [3.05, 3.63) is 70.8 Å². The highest BCUT2D eigenvalue weighted by molar-refractivity contribution is 5.82. The fourth-order valence-corrected chi connectivity index (χ4v) is 5.52. The number of carbonyl (C=O) groups is 4. The van der Waals surface area contributed by atoms with Crippen LogP contribution in [0.2, 0.25) is 0 Å². The van der Waals surface area contributed by atoms with Gasteiger partial charge in [0.1, 0.15) is 0 Å². The zero-order chi connectivity index (χ0) is 28.0. The van der Waals surface area contributed by atoms with Gasteiger partial charge >= 0.3 is 11.9 Å². The molecule has 38 heavy (non-hydrogen) atoms. The van der Waals surface area contributed by atoms with Gasteiger partial charge in [-0.2, -0.15) is 0 Å². The van der Waals surface area contributed by atoms with Gasteiger partial charge in [0.2, 0.25) is 11.8 Å². The molecule has 4 rings (SSSR count). The number of carboxylic acid groups (broad SMARTS) is 2. The Morgan fingerprint density at radius 3 is 1.26 bits per heavy atom. The molecule has 0 unspecified atom stereocenters. The highest BCUT2D eigenvalue weighted by Gasteiger charge is 2.41. The van der Waals surface area contributed by atoms with Crippen molar-refractivity contribution in [2.75, 3.05) is 13.1 Å². The van der Waals surface area contributed by atoms with E-state index in [2.05, 4.69) is 0 Å². The second-order valence-corrected chi connectivity index (χ2v) is 10.0. The van der Waals surface area contributed by atoms with Crippen molar-refractivity contribution in [3.63, 3.8) is 0 Å². The van der Waals surface area contributed by atoms with Gasteiger partial charge in [-0.05, 0) is 51.7 Å². The maximum atomic E-state index is 12.0. The summed E-state index contributed by atoms with van der Waals surface area (Å²) in [6.07, 6.45) is 1.49. The molecule has 2 heterocycles. The van der Waals surface area contributed by atoms with Gasteiger partial charge in [-0.25, -0.2) is 0 Å². The first kappa shape index (κ1) is 28.9. The highest BCUT2D eigenvalue weighted by Crippen LogP contribution is 2.38. The summed E-state index contributed by atoms with van der Waals surface area (Å²) in [6.45, 7) is 8.85. The number of carbonyl (C=O) groups excluding carboxylic acids is 2. The topological polar surface area (TPSA) is 115 Å². The van der Waals surface area contributed by atoms with E-state index >= 15 is 0 Å². The Morgan fingerprint density at radius 1 is 0.684 bits per heavy atom. The van der Waals surface area contributed by atoms with E-state index in [1.807, 2.05) is 76.2 Å².